The molecule has 0 fully saturated rings. The molecule has 0 spiro atoms. The Labute approximate surface area is 106 Å². The van der Waals surface area contributed by atoms with Gasteiger partial charge in [-0.3, -0.25) is 20.3 Å². The molecule has 3 N–H and O–H groups in total. The number of ether oxygens (including phenoxy) is 1. The first-order valence-electron chi connectivity index (χ1n) is 4.21. The standard InChI is InChI=1S/C8H7Cl2N3O4/c9-4-1-6(13(15)16)7(2-5(4)10)17-3-8(14)12-11/h1-2H,3,11H2,(H,12,14). The third-order valence-corrected chi connectivity index (χ3v) is 2.44. The number of amides is 1. The molecule has 0 aliphatic carbocycles. The number of nitro groups is 1. The van der Waals surface area contributed by atoms with Crippen molar-refractivity contribution in [3.8, 4) is 5.75 Å². The smallest absolute Gasteiger partial charge is 0.312 e. The highest BCUT2D eigenvalue weighted by molar-refractivity contribution is 6.42. The molecule has 0 aliphatic rings. The second-order valence-corrected chi connectivity index (χ2v) is 3.66. The Morgan fingerprint density at radius 2 is 2.06 bits per heavy atom. The Kier molecular flexibility index (Phi) is 4.50. The highest BCUT2D eigenvalue weighted by Gasteiger charge is 2.19. The lowest BCUT2D eigenvalue weighted by Gasteiger charge is -2.06. The van der Waals surface area contributed by atoms with E-state index in [9.17, 15) is 14.9 Å². The van der Waals surface area contributed by atoms with Crippen LogP contribution in [-0.2, 0) is 4.79 Å². The molecule has 0 bridgehead atoms. The van der Waals surface area contributed by atoms with Gasteiger partial charge in [-0.25, -0.2) is 5.84 Å². The van der Waals surface area contributed by atoms with Crippen LogP contribution >= 0.6 is 23.2 Å². The third kappa shape index (κ3) is 3.45. The average Bonchev–Trinajstić information content (AvgIpc) is 2.29. The van der Waals surface area contributed by atoms with Gasteiger partial charge in [-0.05, 0) is 0 Å². The number of hydrogen-bond acceptors (Lipinski definition) is 5. The highest BCUT2D eigenvalue weighted by atomic mass is 35.5. The molecule has 0 radical (unpaired) electrons. The molecule has 1 aromatic carbocycles. The molecule has 0 saturated carbocycles. The molecule has 7 nitrogen and oxygen atoms in total. The van der Waals surface area contributed by atoms with Gasteiger partial charge in [0.15, 0.2) is 12.4 Å². The van der Waals surface area contributed by atoms with Crippen molar-refractivity contribution in [1.29, 1.82) is 0 Å². The van der Waals surface area contributed by atoms with Crippen molar-refractivity contribution < 1.29 is 14.5 Å². The van der Waals surface area contributed by atoms with E-state index in [0.29, 0.717) is 0 Å². The average molecular weight is 280 g/mol. The molecule has 1 rings (SSSR count). The van der Waals surface area contributed by atoms with E-state index in [-0.39, 0.29) is 21.5 Å². The molecular formula is C8H7Cl2N3O4. The van der Waals surface area contributed by atoms with Gasteiger partial charge in [-0.2, -0.15) is 0 Å². The van der Waals surface area contributed by atoms with Crippen LogP contribution in [0, 0.1) is 10.1 Å². The van der Waals surface area contributed by atoms with Crippen molar-refractivity contribution >= 4 is 34.8 Å². The Balaban J connectivity index is 3.00. The minimum Gasteiger partial charge on any atom is -0.477 e. The summed E-state index contributed by atoms with van der Waals surface area (Å²) in [4.78, 5) is 20.8. The third-order valence-electron chi connectivity index (χ3n) is 1.72. The quantitative estimate of drug-likeness (QED) is 0.373. The fourth-order valence-electron chi connectivity index (χ4n) is 0.961. The number of benzene rings is 1. The summed E-state index contributed by atoms with van der Waals surface area (Å²) in [5, 5.41) is 10.8. The van der Waals surface area contributed by atoms with E-state index >= 15 is 0 Å². The van der Waals surface area contributed by atoms with Gasteiger partial charge in [0.2, 0.25) is 0 Å². The van der Waals surface area contributed by atoms with Gasteiger partial charge >= 0.3 is 5.69 Å². The maximum atomic E-state index is 10.8. The minimum atomic E-state index is -0.697. The molecule has 92 valence electrons. The van der Waals surface area contributed by atoms with Gasteiger partial charge in [0.05, 0.1) is 15.0 Å². The number of nitro benzene ring substituents is 1. The summed E-state index contributed by atoms with van der Waals surface area (Å²) < 4.78 is 4.91. The van der Waals surface area contributed by atoms with Crippen molar-refractivity contribution in [2.45, 2.75) is 0 Å². The number of nitrogens with one attached hydrogen (secondary N) is 1. The molecule has 0 aliphatic heterocycles. The van der Waals surface area contributed by atoms with Crippen LogP contribution in [0.4, 0.5) is 5.69 Å². The van der Waals surface area contributed by atoms with Crippen molar-refractivity contribution in [3.05, 3.63) is 32.3 Å². The summed E-state index contributed by atoms with van der Waals surface area (Å²) in [5.41, 5.74) is 1.43. The monoisotopic (exact) mass is 279 g/mol. The second kappa shape index (κ2) is 5.67. The predicted molar refractivity (Wildman–Crippen MR) is 60.9 cm³/mol. The predicted octanol–water partition coefficient (Wildman–Crippen LogP) is 1.27. The number of nitrogens with two attached hydrogens (primary N) is 1. The zero-order chi connectivity index (χ0) is 13.0. The molecule has 9 heteroatoms. The van der Waals surface area contributed by atoms with Crippen LogP contribution in [0.2, 0.25) is 10.0 Å². The molecule has 0 aromatic heterocycles. The Hall–Kier alpha value is -1.57. The van der Waals surface area contributed by atoms with E-state index in [0.717, 1.165) is 12.1 Å². The van der Waals surface area contributed by atoms with Crippen LogP contribution in [0.25, 0.3) is 0 Å². The Bertz CT molecular complexity index is 466. The topological polar surface area (TPSA) is 107 Å². The number of nitrogens with zero attached hydrogens (tertiary/aromatic N) is 1. The first-order valence-corrected chi connectivity index (χ1v) is 4.97. The summed E-state index contributed by atoms with van der Waals surface area (Å²) in [5.74, 6) is 4.03. The first kappa shape index (κ1) is 13.5. The van der Waals surface area contributed by atoms with Crippen LogP contribution in [0.3, 0.4) is 0 Å². The zero-order valence-corrected chi connectivity index (χ0v) is 9.79. The molecular weight excluding hydrogens is 273 g/mol. The second-order valence-electron chi connectivity index (χ2n) is 2.85. The van der Waals surface area contributed by atoms with E-state index in [2.05, 4.69) is 0 Å². The van der Waals surface area contributed by atoms with E-state index in [1.165, 1.54) is 0 Å². The van der Waals surface area contributed by atoms with Crippen molar-refractivity contribution in [1.82, 2.24) is 5.43 Å². The number of hydrazine groups is 1. The van der Waals surface area contributed by atoms with Crippen LogP contribution in [0.5, 0.6) is 5.75 Å². The van der Waals surface area contributed by atoms with Crippen LogP contribution in [-0.4, -0.2) is 17.4 Å². The van der Waals surface area contributed by atoms with E-state index in [1.54, 1.807) is 0 Å². The molecule has 1 aromatic rings. The zero-order valence-electron chi connectivity index (χ0n) is 8.28. The molecule has 0 atom stereocenters. The van der Waals surface area contributed by atoms with Crippen LogP contribution < -0.4 is 16.0 Å². The maximum Gasteiger partial charge on any atom is 0.312 e. The largest absolute Gasteiger partial charge is 0.477 e. The summed E-state index contributed by atoms with van der Waals surface area (Å²) >= 11 is 11.3. The van der Waals surface area contributed by atoms with Crippen molar-refractivity contribution in [2.75, 3.05) is 6.61 Å². The minimum absolute atomic E-state index is 0.0222. The molecule has 0 saturated heterocycles. The lowest BCUT2D eigenvalue weighted by molar-refractivity contribution is -0.385. The Morgan fingerprint density at radius 3 is 2.59 bits per heavy atom. The van der Waals surface area contributed by atoms with E-state index in [1.807, 2.05) is 5.43 Å². The summed E-state index contributed by atoms with van der Waals surface area (Å²) in [7, 11) is 0. The normalized spacial score (nSPS) is 9.82. The fourth-order valence-corrected chi connectivity index (χ4v) is 1.27. The van der Waals surface area contributed by atoms with Crippen molar-refractivity contribution in [3.63, 3.8) is 0 Å². The van der Waals surface area contributed by atoms with Crippen LogP contribution in [0.1, 0.15) is 0 Å². The molecule has 17 heavy (non-hydrogen) atoms. The van der Waals surface area contributed by atoms with Gasteiger partial charge in [0.25, 0.3) is 5.91 Å². The fraction of sp³-hybridized carbons (Fsp3) is 0.125. The molecule has 0 unspecified atom stereocenters. The lowest BCUT2D eigenvalue weighted by atomic mass is 10.3. The number of carbonyl (C=O) groups excluding carboxylic acids is 1. The van der Waals surface area contributed by atoms with Gasteiger partial charge < -0.3 is 4.74 Å². The summed E-state index contributed by atoms with van der Waals surface area (Å²) in [6, 6.07) is 2.20. The SMILES string of the molecule is NNC(=O)COc1cc(Cl)c(Cl)cc1[N+](=O)[O-]. The van der Waals surface area contributed by atoms with E-state index < -0.39 is 17.4 Å². The number of hydrogen-bond donors (Lipinski definition) is 2. The van der Waals surface area contributed by atoms with Gasteiger partial charge in [-0.15, -0.1) is 0 Å². The number of rotatable bonds is 4. The van der Waals surface area contributed by atoms with Crippen LogP contribution in [0.15, 0.2) is 12.1 Å². The van der Waals surface area contributed by atoms with Gasteiger partial charge in [0, 0.05) is 12.1 Å². The van der Waals surface area contributed by atoms with Gasteiger partial charge in [-0.1, -0.05) is 23.2 Å². The molecule has 0 heterocycles. The molecule has 1 amide bonds. The highest BCUT2D eigenvalue weighted by Crippen LogP contribution is 2.35. The lowest BCUT2D eigenvalue weighted by Crippen LogP contribution is -2.34. The number of halogens is 2. The maximum absolute atomic E-state index is 10.8. The van der Waals surface area contributed by atoms with Gasteiger partial charge in [0.1, 0.15) is 0 Å². The van der Waals surface area contributed by atoms with E-state index in [4.69, 9.17) is 33.8 Å². The summed E-state index contributed by atoms with van der Waals surface area (Å²) in [6.07, 6.45) is 0. The van der Waals surface area contributed by atoms with Crippen molar-refractivity contribution in [2.24, 2.45) is 5.84 Å². The first-order chi connectivity index (χ1) is 7.95. The number of carbonyl (C=O) groups is 1. The summed E-state index contributed by atoms with van der Waals surface area (Å²) in [6.45, 7) is -0.463. The Morgan fingerprint density at radius 1 is 1.47 bits per heavy atom.